The van der Waals surface area contributed by atoms with E-state index in [4.69, 9.17) is 34.7 Å². The van der Waals surface area contributed by atoms with Crippen LogP contribution >= 0.6 is 0 Å². The Morgan fingerprint density at radius 2 is 0.519 bits per heavy atom. The van der Waals surface area contributed by atoms with Gasteiger partial charge >= 0.3 is 0 Å². The normalized spacial score (nSPS) is 11.6. The highest BCUT2D eigenvalue weighted by Gasteiger charge is 2.27. The Morgan fingerprint density at radius 1 is 0.203 bits per heavy atom. The molecule has 8 nitrogen and oxygen atoms in total. The van der Waals surface area contributed by atoms with E-state index >= 15 is 0 Å². The standard InChI is InChI=1S/C34H23N.C33H13N5.2C29H17N/c1-22-24(19-10-20-35-22)33-30-17-8-6-14-27(30)28-15-7-9-18-31(28)34(33)32-21-23-11-2-3-12-25(23)26-13-4-5-16-29(26)32;1-35-31-26-16-25-23(15-24(26)27(17-34)32(36-2)33(31)37-3)22-13-8-14-38-30(22)29-21-12-7-5-10-19(21)18-9-4-6-11-20(18)28(25)29;1-2-9-19-18(8-1)15-16-24-26(19)25-14-7-17-30-29(25)28-23-13-6-4-11-21(23)20-10-3-5-12-22(20)27(24)28;1-2-9-19-18(8-1)15-16-24-25-14-7-17-30-29(25)28-23-13-6-4-11-21(23)20-10-3-5-12-22(20)27(28)26(19)24/h2-21H,1H3;4-16H;2*1-17H. The molecular formula is C125H70N8. The smallest absolute Gasteiger partial charge is 0.202 e. The SMILES string of the molecule is Cc1ncccc1-c1c(-c2cc3ccccc3c3ccccc23)c2ccccc2c2ccccc12.[C-]#[N+]c1c([N+]#[C-])c([N+]#[C-])c2cc3c(cc2c1C#N)c1cccnc1c1c2ccccc2c2ccccc2c31.c1ccc2c(c1)ccc1c2c2cccnc2c2c3ccccc3c3ccccc3c12.c1ccc2c(c1)ccc1c3cccnc3c3c4ccccc4c4ccccc4c3c21. The second-order valence-corrected chi connectivity index (χ2v) is 34.1. The van der Waals surface area contributed by atoms with Crippen LogP contribution in [0.3, 0.4) is 0 Å². The summed E-state index contributed by atoms with van der Waals surface area (Å²) in [5.74, 6) is 0. The summed E-state index contributed by atoms with van der Waals surface area (Å²) in [5.41, 5.74) is 9.12. The van der Waals surface area contributed by atoms with Gasteiger partial charge in [0, 0.05) is 84.5 Å². The van der Waals surface area contributed by atoms with Crippen molar-refractivity contribution >= 4 is 254 Å². The first kappa shape index (κ1) is 76.9. The van der Waals surface area contributed by atoms with E-state index in [2.05, 4.69) is 360 Å². The van der Waals surface area contributed by atoms with Crippen molar-refractivity contribution in [3.05, 3.63) is 452 Å². The molecule has 0 N–H and O–H groups in total. The molecular weight excluding hydrogens is 1610 g/mol. The van der Waals surface area contributed by atoms with Crippen LogP contribution in [-0.2, 0) is 0 Å². The predicted octanol–water partition coefficient (Wildman–Crippen LogP) is 34.9. The summed E-state index contributed by atoms with van der Waals surface area (Å²) >= 11 is 0. The van der Waals surface area contributed by atoms with Gasteiger partial charge in [-0.1, -0.05) is 346 Å². The molecule has 0 aliphatic rings. The molecule has 28 rings (SSSR count). The van der Waals surface area contributed by atoms with Gasteiger partial charge in [-0.2, -0.15) is 5.26 Å². The molecule has 0 saturated carbocycles. The minimum Gasteiger partial charge on any atom is -0.262 e. The van der Waals surface area contributed by atoms with E-state index < -0.39 is 0 Å². The lowest BCUT2D eigenvalue weighted by atomic mass is 9.82. The molecule has 0 radical (unpaired) electrons. The number of nitrogens with zero attached hydrogens (tertiary/aromatic N) is 8. The number of fused-ring (bicyclic) bond motifs is 44. The van der Waals surface area contributed by atoms with E-state index in [0.29, 0.717) is 10.8 Å². The lowest BCUT2D eigenvalue weighted by molar-refractivity contribution is 1.21. The Labute approximate surface area is 762 Å². The van der Waals surface area contributed by atoms with E-state index in [1.807, 2.05) is 73.2 Å². The third-order valence-electron chi connectivity index (χ3n) is 27.5. The van der Waals surface area contributed by atoms with Crippen LogP contribution in [0.25, 0.3) is 274 Å². The highest BCUT2D eigenvalue weighted by Crippen LogP contribution is 2.54. The van der Waals surface area contributed by atoms with Gasteiger partial charge in [0.05, 0.1) is 47.9 Å². The maximum Gasteiger partial charge on any atom is 0.202 e. The second-order valence-electron chi connectivity index (χ2n) is 34.1. The number of hydrogen-bond acceptors (Lipinski definition) is 5. The van der Waals surface area contributed by atoms with Crippen molar-refractivity contribution in [1.29, 1.82) is 5.26 Å². The molecule has 28 aromatic rings. The van der Waals surface area contributed by atoms with Gasteiger partial charge in [-0.15, -0.1) is 0 Å². The number of rotatable bonds is 2. The van der Waals surface area contributed by atoms with E-state index in [0.717, 1.165) is 70.7 Å². The molecule has 0 spiro atoms. The Hall–Kier alpha value is -18.4. The predicted molar refractivity (Wildman–Crippen MR) is 561 cm³/mol. The minimum absolute atomic E-state index is 0.0690. The van der Waals surface area contributed by atoms with Crippen LogP contribution < -0.4 is 0 Å². The molecule has 0 saturated heterocycles. The van der Waals surface area contributed by atoms with Gasteiger partial charge in [0.25, 0.3) is 0 Å². The molecule has 0 fully saturated rings. The molecule has 133 heavy (non-hydrogen) atoms. The quantitative estimate of drug-likeness (QED) is 0.0977. The van der Waals surface area contributed by atoms with Crippen molar-refractivity contribution < 1.29 is 0 Å². The number of benzene rings is 24. The van der Waals surface area contributed by atoms with Crippen LogP contribution in [0.2, 0.25) is 0 Å². The van der Waals surface area contributed by atoms with Crippen molar-refractivity contribution in [2.24, 2.45) is 0 Å². The Bertz CT molecular complexity index is 10100. The first-order valence-electron chi connectivity index (χ1n) is 44.5. The van der Waals surface area contributed by atoms with Crippen LogP contribution in [0.15, 0.2) is 407 Å². The molecule has 0 amide bonds. The van der Waals surface area contributed by atoms with Crippen molar-refractivity contribution in [3.8, 4) is 28.3 Å². The van der Waals surface area contributed by atoms with Gasteiger partial charge in [0.15, 0.2) is 5.69 Å². The Kier molecular flexibility index (Phi) is 17.9. The number of nitriles is 1. The van der Waals surface area contributed by atoms with Gasteiger partial charge < -0.3 is 0 Å². The molecule has 0 aliphatic heterocycles. The zero-order chi connectivity index (χ0) is 88.6. The largest absolute Gasteiger partial charge is 0.262 e. The summed E-state index contributed by atoms with van der Waals surface area (Å²) in [4.78, 5) is 30.0. The molecule has 610 valence electrons. The van der Waals surface area contributed by atoms with Gasteiger partial charge in [0.2, 0.25) is 11.4 Å². The van der Waals surface area contributed by atoms with Gasteiger partial charge in [-0.05, 0) is 232 Å². The topological polar surface area (TPSA) is 88.4 Å². The lowest BCUT2D eigenvalue weighted by Crippen LogP contribution is -1.95. The van der Waals surface area contributed by atoms with Gasteiger partial charge in [-0.3, -0.25) is 34.5 Å². The van der Waals surface area contributed by atoms with E-state index in [-0.39, 0.29) is 22.6 Å². The van der Waals surface area contributed by atoms with Crippen molar-refractivity contribution in [2.75, 3.05) is 0 Å². The molecule has 4 heterocycles. The third kappa shape index (κ3) is 11.7. The van der Waals surface area contributed by atoms with Crippen LogP contribution in [0.5, 0.6) is 0 Å². The number of aryl methyl sites for hydroxylation is 1. The zero-order valence-corrected chi connectivity index (χ0v) is 71.8. The summed E-state index contributed by atoms with van der Waals surface area (Å²) in [5, 5.41) is 58.5. The summed E-state index contributed by atoms with van der Waals surface area (Å²) < 4.78 is 0. The fourth-order valence-corrected chi connectivity index (χ4v) is 22.0. The van der Waals surface area contributed by atoms with E-state index in [1.54, 1.807) is 6.20 Å². The average Bonchev–Trinajstić information content (AvgIpc) is 0.675. The molecule has 0 atom stereocenters. The highest BCUT2D eigenvalue weighted by atomic mass is 14.8. The highest BCUT2D eigenvalue weighted by molar-refractivity contribution is 6.45. The fourth-order valence-electron chi connectivity index (χ4n) is 22.0. The zero-order valence-electron chi connectivity index (χ0n) is 71.8. The number of pyridine rings is 4. The third-order valence-corrected chi connectivity index (χ3v) is 27.5. The van der Waals surface area contributed by atoms with Crippen LogP contribution in [0, 0.1) is 38.0 Å². The second kappa shape index (κ2) is 31.0. The van der Waals surface area contributed by atoms with Gasteiger partial charge in [-0.25, -0.2) is 0 Å². The van der Waals surface area contributed by atoms with Crippen LogP contribution in [0.4, 0.5) is 17.1 Å². The minimum atomic E-state index is -0.0694. The average molecular weight is 1680 g/mol. The molecule has 24 aromatic carbocycles. The van der Waals surface area contributed by atoms with Crippen LogP contribution in [0.1, 0.15) is 11.3 Å². The summed E-state index contributed by atoms with van der Waals surface area (Å²) in [6.07, 6.45) is 7.50. The van der Waals surface area contributed by atoms with E-state index in [9.17, 15) is 5.26 Å². The maximum absolute atomic E-state index is 10.1. The summed E-state index contributed by atoms with van der Waals surface area (Å²) in [6, 6.07) is 138. The lowest BCUT2D eigenvalue weighted by Gasteiger charge is -2.21. The summed E-state index contributed by atoms with van der Waals surface area (Å²) in [6.45, 7) is 25.4. The maximum atomic E-state index is 10.1. The summed E-state index contributed by atoms with van der Waals surface area (Å²) in [7, 11) is 0. The Balaban J connectivity index is 0.0000000954. The first-order chi connectivity index (χ1) is 65.9. The van der Waals surface area contributed by atoms with Crippen molar-refractivity contribution in [3.63, 3.8) is 0 Å². The van der Waals surface area contributed by atoms with Crippen molar-refractivity contribution in [1.82, 2.24) is 19.9 Å². The number of hydrogen-bond donors (Lipinski definition) is 0. The first-order valence-corrected chi connectivity index (χ1v) is 44.5. The fraction of sp³-hybridized carbons (Fsp3) is 0.00800. The van der Waals surface area contributed by atoms with Crippen LogP contribution in [-0.4, -0.2) is 19.9 Å². The van der Waals surface area contributed by atoms with Gasteiger partial charge in [0.1, 0.15) is 0 Å². The molecule has 4 aromatic heterocycles. The number of aromatic nitrogens is 4. The van der Waals surface area contributed by atoms with Crippen molar-refractivity contribution in [2.45, 2.75) is 6.92 Å². The molecule has 0 unspecified atom stereocenters. The Morgan fingerprint density at radius 3 is 1.00 bits per heavy atom. The molecule has 0 bridgehead atoms. The molecule has 0 aliphatic carbocycles. The monoisotopic (exact) mass is 1680 g/mol. The molecule has 8 heteroatoms. The van der Waals surface area contributed by atoms with E-state index in [1.165, 1.54) is 184 Å².